The Morgan fingerprint density at radius 1 is 0.933 bits per heavy atom. The van der Waals surface area contributed by atoms with Gasteiger partial charge in [0.2, 0.25) is 17.2 Å². The van der Waals surface area contributed by atoms with Gasteiger partial charge in [0.15, 0.2) is 29.0 Å². The second-order valence-corrected chi connectivity index (χ2v) is 8.02. The van der Waals surface area contributed by atoms with E-state index in [-0.39, 0.29) is 37.0 Å². The van der Waals surface area contributed by atoms with Crippen molar-refractivity contribution >= 4 is 54.6 Å². The van der Waals surface area contributed by atoms with Crippen molar-refractivity contribution in [2.45, 2.75) is 20.0 Å². The fourth-order valence-electron chi connectivity index (χ4n) is 2.95. The number of phenols is 5. The summed E-state index contributed by atoms with van der Waals surface area (Å²) in [7, 11) is 0. The molecule has 1 heterocycles. The van der Waals surface area contributed by atoms with Crippen molar-refractivity contribution in [3.8, 4) is 28.7 Å². The summed E-state index contributed by atoms with van der Waals surface area (Å²) in [6.07, 6.45) is -1.12. The van der Waals surface area contributed by atoms with E-state index in [4.69, 9.17) is 9.15 Å². The maximum atomic E-state index is 13.3. The number of ether oxygens (including phenoxy) is 1. The lowest BCUT2D eigenvalue weighted by Gasteiger charge is -2.12. The van der Waals surface area contributed by atoms with Crippen molar-refractivity contribution < 1.29 is 44.3 Å². The van der Waals surface area contributed by atoms with Crippen LogP contribution in [0, 0.1) is 0 Å². The van der Waals surface area contributed by atoms with E-state index in [2.05, 4.69) is 31.9 Å². The molecule has 0 spiro atoms. The van der Waals surface area contributed by atoms with Crippen LogP contribution in [0.1, 0.15) is 41.6 Å². The Morgan fingerprint density at radius 2 is 1.47 bits per heavy atom. The minimum atomic E-state index is -1.12. The Bertz CT molecular complexity index is 1190. The molecule has 11 heteroatoms. The zero-order valence-corrected chi connectivity index (χ0v) is 18.5. The summed E-state index contributed by atoms with van der Waals surface area (Å²) in [5.74, 6) is -5.75. The van der Waals surface area contributed by atoms with E-state index in [0.717, 1.165) is 6.92 Å². The number of carbonyl (C=O) groups excluding carboxylic acids is 2. The van der Waals surface area contributed by atoms with Gasteiger partial charge < -0.3 is 34.7 Å². The van der Waals surface area contributed by atoms with Crippen LogP contribution in [-0.2, 0) is 9.53 Å². The zero-order valence-electron chi connectivity index (χ0n) is 15.4. The van der Waals surface area contributed by atoms with Gasteiger partial charge in [-0.3, -0.25) is 9.59 Å². The quantitative estimate of drug-likeness (QED) is 0.139. The summed E-state index contributed by atoms with van der Waals surface area (Å²) >= 11 is 6.24. The number of esters is 1. The van der Waals surface area contributed by atoms with E-state index in [1.54, 1.807) is 0 Å². The van der Waals surface area contributed by atoms with Gasteiger partial charge in [0, 0.05) is 12.5 Å². The minimum absolute atomic E-state index is 0.0250. The Balaban J connectivity index is 2.38. The summed E-state index contributed by atoms with van der Waals surface area (Å²) in [4.78, 5) is 24.7. The fraction of sp³-hybridized carbons (Fsp3) is 0.158. The molecule has 0 bridgehead atoms. The first kappa shape index (κ1) is 21.8. The molecule has 0 amide bonds. The summed E-state index contributed by atoms with van der Waals surface area (Å²) in [6.45, 7) is 2.54. The van der Waals surface area contributed by atoms with Crippen LogP contribution in [0.3, 0.4) is 0 Å². The van der Waals surface area contributed by atoms with Gasteiger partial charge in [-0.05, 0) is 50.9 Å². The topological polar surface area (TPSA) is 158 Å². The van der Waals surface area contributed by atoms with Gasteiger partial charge in [0.25, 0.3) is 0 Å². The van der Waals surface area contributed by atoms with Crippen LogP contribution in [0.25, 0.3) is 11.0 Å². The van der Waals surface area contributed by atoms with E-state index in [1.165, 1.54) is 19.1 Å². The molecule has 1 atom stereocenters. The number of fused-ring (bicyclic) bond motifs is 1. The first-order chi connectivity index (χ1) is 14.0. The average Bonchev–Trinajstić information content (AvgIpc) is 3.08. The number of furan rings is 1. The van der Waals surface area contributed by atoms with Gasteiger partial charge in [0.05, 0.1) is 19.9 Å². The highest BCUT2D eigenvalue weighted by atomic mass is 79.9. The summed E-state index contributed by atoms with van der Waals surface area (Å²) < 4.78 is 10.9. The predicted octanol–water partition coefficient (Wildman–Crippen LogP) is 4.34. The van der Waals surface area contributed by atoms with Crippen LogP contribution >= 0.6 is 31.9 Å². The molecule has 9 nitrogen and oxygen atoms in total. The zero-order chi connectivity index (χ0) is 22.5. The van der Waals surface area contributed by atoms with Crippen LogP contribution in [0.4, 0.5) is 0 Å². The van der Waals surface area contributed by atoms with Crippen molar-refractivity contribution in [2.24, 2.45) is 0 Å². The normalized spacial score (nSPS) is 12.1. The van der Waals surface area contributed by atoms with E-state index >= 15 is 0 Å². The van der Waals surface area contributed by atoms with Gasteiger partial charge in [-0.1, -0.05) is 0 Å². The molecule has 0 aliphatic heterocycles. The number of hydrogen-bond donors (Lipinski definition) is 5. The third kappa shape index (κ3) is 3.43. The lowest BCUT2D eigenvalue weighted by molar-refractivity contribution is -0.146. The fourth-order valence-corrected chi connectivity index (χ4v) is 4.13. The summed E-state index contributed by atoms with van der Waals surface area (Å²) in [5.41, 5.74) is -0.777. The van der Waals surface area contributed by atoms with Crippen molar-refractivity contribution in [1.29, 1.82) is 0 Å². The van der Waals surface area contributed by atoms with Crippen LogP contribution in [0.5, 0.6) is 28.7 Å². The number of carbonyl (C=O) groups is 2. The largest absolute Gasteiger partial charge is 0.506 e. The van der Waals surface area contributed by atoms with Crippen molar-refractivity contribution in [3.05, 3.63) is 38.0 Å². The Hall–Kier alpha value is -2.92. The third-order valence-corrected chi connectivity index (χ3v) is 5.49. The molecule has 0 aliphatic carbocycles. The number of rotatable bonds is 4. The molecule has 3 aromatic rings. The average molecular weight is 546 g/mol. The highest BCUT2D eigenvalue weighted by molar-refractivity contribution is 9.11. The van der Waals surface area contributed by atoms with Gasteiger partial charge in [0.1, 0.15) is 5.75 Å². The molecule has 0 aliphatic rings. The number of benzene rings is 2. The Morgan fingerprint density at radius 3 is 2.00 bits per heavy atom. The van der Waals surface area contributed by atoms with Crippen LogP contribution in [0.2, 0.25) is 0 Å². The molecule has 1 aromatic heterocycles. The van der Waals surface area contributed by atoms with Crippen LogP contribution in [0.15, 0.2) is 25.5 Å². The van der Waals surface area contributed by atoms with Crippen molar-refractivity contribution in [3.63, 3.8) is 0 Å². The Labute approximate surface area is 185 Å². The molecule has 0 saturated carbocycles. The first-order valence-corrected chi connectivity index (χ1v) is 9.86. The minimum Gasteiger partial charge on any atom is -0.506 e. The number of ketones is 1. The molecule has 1 unspecified atom stereocenters. The molecule has 0 fully saturated rings. The van der Waals surface area contributed by atoms with Crippen molar-refractivity contribution in [2.75, 3.05) is 0 Å². The second kappa shape index (κ2) is 7.73. The number of aromatic hydroxyl groups is 5. The first-order valence-electron chi connectivity index (χ1n) is 8.27. The van der Waals surface area contributed by atoms with Crippen molar-refractivity contribution in [1.82, 2.24) is 0 Å². The summed E-state index contributed by atoms with van der Waals surface area (Å²) in [5, 5.41) is 49.8. The maximum absolute atomic E-state index is 13.3. The SMILES string of the molecule is CC(=O)OC(C)c1oc2c(O)c(O)c(O)c(O)c2c1C(=O)c1cc(Br)c(O)c(Br)c1. The lowest BCUT2D eigenvalue weighted by Crippen LogP contribution is -2.10. The molecule has 0 saturated heterocycles. The van der Waals surface area contributed by atoms with Gasteiger partial charge in [-0.15, -0.1) is 0 Å². The van der Waals surface area contributed by atoms with E-state index in [0.29, 0.717) is 0 Å². The molecular weight excluding hydrogens is 532 g/mol. The predicted molar refractivity (Wildman–Crippen MR) is 110 cm³/mol. The van der Waals surface area contributed by atoms with Crippen LogP contribution < -0.4 is 0 Å². The molecular formula is C19H14Br2O9. The van der Waals surface area contributed by atoms with E-state index in [9.17, 15) is 35.1 Å². The van der Waals surface area contributed by atoms with Gasteiger partial charge >= 0.3 is 5.97 Å². The molecule has 30 heavy (non-hydrogen) atoms. The number of halogens is 2. The number of hydrogen-bond acceptors (Lipinski definition) is 9. The standard InChI is InChI=1S/C19H14Br2O9/c1-5(29-6(2)22)18-10(12(23)7-3-8(20)13(24)9(21)4-7)11-14(25)15(26)16(27)17(28)19(11)30-18/h3-5,24-28H,1-2H3. The molecule has 3 rings (SSSR count). The van der Waals surface area contributed by atoms with Crippen LogP contribution in [-0.4, -0.2) is 37.3 Å². The molecule has 5 N–H and O–H groups in total. The molecule has 0 radical (unpaired) electrons. The van der Waals surface area contributed by atoms with Gasteiger partial charge in [-0.2, -0.15) is 0 Å². The smallest absolute Gasteiger partial charge is 0.303 e. The highest BCUT2D eigenvalue weighted by Gasteiger charge is 2.33. The third-order valence-electron chi connectivity index (χ3n) is 4.28. The monoisotopic (exact) mass is 544 g/mol. The van der Waals surface area contributed by atoms with E-state index in [1.807, 2.05) is 0 Å². The Kier molecular flexibility index (Phi) is 5.61. The van der Waals surface area contributed by atoms with E-state index < -0.39 is 46.4 Å². The molecule has 158 valence electrons. The summed E-state index contributed by atoms with van der Waals surface area (Å²) in [6, 6.07) is 2.61. The second-order valence-electron chi connectivity index (χ2n) is 6.31. The highest BCUT2D eigenvalue weighted by Crippen LogP contribution is 2.52. The van der Waals surface area contributed by atoms with Gasteiger partial charge in [-0.25, -0.2) is 0 Å². The lowest BCUT2D eigenvalue weighted by atomic mass is 9.97. The molecule has 2 aromatic carbocycles. The number of phenolic OH excluding ortho intramolecular Hbond substituents is 5. The maximum Gasteiger partial charge on any atom is 0.303 e.